The van der Waals surface area contributed by atoms with Crippen molar-refractivity contribution in [1.82, 2.24) is 4.98 Å². The minimum atomic E-state index is -3.43. The molecule has 1 aromatic carbocycles. The molecule has 0 atom stereocenters. The number of carbonyl (C=O) groups is 1. The fraction of sp³-hybridized carbons (Fsp3) is 0.0769. The SMILES string of the molecule is CS(=O)(=O)c1ccccc1NC(=O)c1ccncc1Cl. The monoisotopic (exact) mass is 310 g/mol. The fourth-order valence-corrected chi connectivity index (χ4v) is 2.69. The summed E-state index contributed by atoms with van der Waals surface area (Å²) in [5.41, 5.74) is 0.442. The maximum Gasteiger partial charge on any atom is 0.257 e. The number of nitrogens with zero attached hydrogens (tertiary/aromatic N) is 1. The number of para-hydroxylation sites is 1. The number of carbonyl (C=O) groups excluding carboxylic acids is 1. The van der Waals surface area contributed by atoms with Crippen molar-refractivity contribution in [1.29, 1.82) is 0 Å². The third-order valence-electron chi connectivity index (χ3n) is 2.55. The lowest BCUT2D eigenvalue weighted by Gasteiger charge is -2.10. The Labute approximate surface area is 121 Å². The second-order valence-corrected chi connectivity index (χ2v) is 6.47. The lowest BCUT2D eigenvalue weighted by atomic mass is 10.2. The molecule has 2 aromatic rings. The topological polar surface area (TPSA) is 76.1 Å². The Hall–Kier alpha value is -1.92. The van der Waals surface area contributed by atoms with E-state index in [1.54, 1.807) is 12.1 Å². The fourth-order valence-electron chi connectivity index (χ4n) is 1.64. The van der Waals surface area contributed by atoms with Crippen molar-refractivity contribution in [2.75, 3.05) is 11.6 Å². The number of hydrogen-bond donors (Lipinski definition) is 1. The van der Waals surface area contributed by atoms with Gasteiger partial charge in [0.15, 0.2) is 9.84 Å². The lowest BCUT2D eigenvalue weighted by molar-refractivity contribution is 0.102. The van der Waals surface area contributed by atoms with Crippen molar-refractivity contribution < 1.29 is 13.2 Å². The maximum absolute atomic E-state index is 12.1. The third kappa shape index (κ3) is 3.15. The first kappa shape index (κ1) is 14.5. The molecule has 1 heterocycles. The quantitative estimate of drug-likeness (QED) is 0.944. The molecule has 0 saturated carbocycles. The molecule has 1 N–H and O–H groups in total. The molecule has 0 saturated heterocycles. The van der Waals surface area contributed by atoms with Crippen LogP contribution in [0.1, 0.15) is 10.4 Å². The predicted octanol–water partition coefficient (Wildman–Crippen LogP) is 2.39. The van der Waals surface area contributed by atoms with Crippen LogP contribution in [0.4, 0.5) is 5.69 Å². The number of anilines is 1. The van der Waals surface area contributed by atoms with Gasteiger partial charge < -0.3 is 5.32 Å². The van der Waals surface area contributed by atoms with Crippen molar-refractivity contribution in [2.45, 2.75) is 4.90 Å². The second-order valence-electron chi connectivity index (χ2n) is 4.08. The Morgan fingerprint density at radius 1 is 1.25 bits per heavy atom. The predicted molar refractivity (Wildman–Crippen MR) is 76.8 cm³/mol. The van der Waals surface area contributed by atoms with Gasteiger partial charge in [0.1, 0.15) is 0 Å². The standard InChI is InChI=1S/C13H11ClN2O3S/c1-20(18,19)12-5-3-2-4-11(12)16-13(17)9-6-7-15-8-10(9)14/h2-8H,1H3,(H,16,17). The van der Waals surface area contributed by atoms with Crippen molar-refractivity contribution in [2.24, 2.45) is 0 Å². The highest BCUT2D eigenvalue weighted by Gasteiger charge is 2.16. The van der Waals surface area contributed by atoms with E-state index in [1.165, 1.54) is 30.6 Å². The molecule has 0 unspecified atom stereocenters. The van der Waals surface area contributed by atoms with E-state index in [4.69, 9.17) is 11.6 Å². The van der Waals surface area contributed by atoms with Gasteiger partial charge in [-0.25, -0.2) is 8.42 Å². The summed E-state index contributed by atoms with van der Waals surface area (Å²) in [4.78, 5) is 15.9. The molecule has 20 heavy (non-hydrogen) atoms. The Morgan fingerprint density at radius 3 is 2.60 bits per heavy atom. The van der Waals surface area contributed by atoms with Crippen LogP contribution in [-0.4, -0.2) is 25.6 Å². The van der Waals surface area contributed by atoms with Gasteiger partial charge in [0.2, 0.25) is 0 Å². The molecule has 1 aromatic heterocycles. The number of rotatable bonds is 3. The van der Waals surface area contributed by atoms with E-state index in [0.717, 1.165) is 6.26 Å². The Bertz CT molecular complexity index is 760. The number of halogens is 1. The number of sulfone groups is 1. The highest BCUT2D eigenvalue weighted by atomic mass is 35.5. The number of nitrogens with one attached hydrogen (secondary N) is 1. The largest absolute Gasteiger partial charge is 0.321 e. The number of hydrogen-bond acceptors (Lipinski definition) is 4. The first-order valence-electron chi connectivity index (χ1n) is 5.59. The number of benzene rings is 1. The molecular weight excluding hydrogens is 300 g/mol. The average Bonchev–Trinajstić information content (AvgIpc) is 2.38. The summed E-state index contributed by atoms with van der Waals surface area (Å²) < 4.78 is 23.3. The molecule has 5 nitrogen and oxygen atoms in total. The van der Waals surface area contributed by atoms with Gasteiger partial charge in [0, 0.05) is 18.6 Å². The van der Waals surface area contributed by atoms with Gasteiger partial charge in [0.25, 0.3) is 5.91 Å². The minimum Gasteiger partial charge on any atom is -0.321 e. The second kappa shape index (κ2) is 5.60. The summed E-state index contributed by atoms with van der Waals surface area (Å²) in [6.07, 6.45) is 3.86. The molecule has 7 heteroatoms. The number of amides is 1. The number of pyridine rings is 1. The van der Waals surface area contributed by atoms with Crippen LogP contribution >= 0.6 is 11.6 Å². The van der Waals surface area contributed by atoms with Crippen molar-refractivity contribution in [3.63, 3.8) is 0 Å². The van der Waals surface area contributed by atoms with Crippen LogP contribution in [0, 0.1) is 0 Å². The summed E-state index contributed by atoms with van der Waals surface area (Å²) >= 11 is 5.87. The molecule has 0 aliphatic rings. The summed E-state index contributed by atoms with van der Waals surface area (Å²) in [6.45, 7) is 0. The summed E-state index contributed by atoms with van der Waals surface area (Å²) in [5.74, 6) is -0.492. The first-order valence-corrected chi connectivity index (χ1v) is 7.86. The van der Waals surface area contributed by atoms with E-state index >= 15 is 0 Å². The van der Waals surface area contributed by atoms with Crippen molar-refractivity contribution in [3.05, 3.63) is 53.3 Å². The van der Waals surface area contributed by atoms with Gasteiger partial charge in [-0.15, -0.1) is 0 Å². The number of aromatic nitrogens is 1. The highest BCUT2D eigenvalue weighted by Crippen LogP contribution is 2.22. The smallest absolute Gasteiger partial charge is 0.257 e. The highest BCUT2D eigenvalue weighted by molar-refractivity contribution is 7.90. The summed E-state index contributed by atoms with van der Waals surface area (Å²) in [5, 5.41) is 2.74. The van der Waals surface area contributed by atoms with E-state index in [0.29, 0.717) is 0 Å². The van der Waals surface area contributed by atoms with Crippen molar-refractivity contribution >= 4 is 33.0 Å². The van der Waals surface area contributed by atoms with E-state index in [1.807, 2.05) is 0 Å². The maximum atomic E-state index is 12.1. The van der Waals surface area contributed by atoms with Crippen LogP contribution in [-0.2, 0) is 9.84 Å². The molecule has 104 valence electrons. The van der Waals surface area contributed by atoms with Gasteiger partial charge in [-0.2, -0.15) is 0 Å². The Morgan fingerprint density at radius 2 is 1.95 bits per heavy atom. The average molecular weight is 311 g/mol. The van der Waals surface area contributed by atoms with Crippen LogP contribution in [0.3, 0.4) is 0 Å². The molecule has 0 radical (unpaired) electrons. The first-order chi connectivity index (χ1) is 9.39. The van der Waals surface area contributed by atoms with Crippen LogP contribution in [0.5, 0.6) is 0 Å². The molecule has 2 rings (SSSR count). The van der Waals surface area contributed by atoms with Gasteiger partial charge in [-0.1, -0.05) is 23.7 Å². The third-order valence-corrected chi connectivity index (χ3v) is 4.01. The molecule has 0 aliphatic heterocycles. The van der Waals surface area contributed by atoms with Gasteiger partial charge in [-0.3, -0.25) is 9.78 Å². The van der Waals surface area contributed by atoms with Gasteiger partial charge in [0.05, 0.1) is 21.2 Å². The van der Waals surface area contributed by atoms with E-state index in [-0.39, 0.29) is 21.2 Å². The van der Waals surface area contributed by atoms with Crippen LogP contribution < -0.4 is 5.32 Å². The molecule has 0 fully saturated rings. The summed E-state index contributed by atoms with van der Waals surface area (Å²) in [7, 11) is -3.43. The molecule has 0 spiro atoms. The molecule has 0 aliphatic carbocycles. The van der Waals surface area contributed by atoms with E-state index < -0.39 is 15.7 Å². The molecular formula is C13H11ClN2O3S. The minimum absolute atomic E-state index is 0.0542. The molecule has 1 amide bonds. The Balaban J connectivity index is 2.37. The zero-order chi connectivity index (χ0) is 14.8. The van der Waals surface area contributed by atoms with Crippen LogP contribution in [0.15, 0.2) is 47.6 Å². The van der Waals surface area contributed by atoms with Gasteiger partial charge in [-0.05, 0) is 18.2 Å². The zero-order valence-corrected chi connectivity index (χ0v) is 12.1. The zero-order valence-electron chi connectivity index (χ0n) is 10.5. The lowest BCUT2D eigenvalue weighted by Crippen LogP contribution is -2.15. The summed E-state index contributed by atoms with van der Waals surface area (Å²) in [6, 6.07) is 7.63. The van der Waals surface area contributed by atoms with Crippen LogP contribution in [0.25, 0.3) is 0 Å². The molecule has 0 bridgehead atoms. The van der Waals surface area contributed by atoms with E-state index in [9.17, 15) is 13.2 Å². The normalized spacial score (nSPS) is 11.1. The van der Waals surface area contributed by atoms with Gasteiger partial charge >= 0.3 is 0 Å². The van der Waals surface area contributed by atoms with Crippen LogP contribution in [0.2, 0.25) is 5.02 Å². The van der Waals surface area contributed by atoms with E-state index in [2.05, 4.69) is 10.3 Å². The Kier molecular flexibility index (Phi) is 4.06. The van der Waals surface area contributed by atoms with Crippen molar-refractivity contribution in [3.8, 4) is 0 Å².